The van der Waals surface area contributed by atoms with E-state index in [1.807, 2.05) is 0 Å². The number of likely N-dealkylation sites (tertiary alicyclic amines) is 1. The lowest BCUT2D eigenvalue weighted by atomic mass is 10.2. The second-order valence-electron chi connectivity index (χ2n) is 6.18. The molecule has 0 radical (unpaired) electrons. The van der Waals surface area contributed by atoms with E-state index in [1.165, 1.54) is 29.7 Å². The molecule has 1 saturated heterocycles. The van der Waals surface area contributed by atoms with Crippen LogP contribution in [0.25, 0.3) is 0 Å². The maximum Gasteiger partial charge on any atom is 0.281 e. The maximum absolute atomic E-state index is 12.2. The summed E-state index contributed by atoms with van der Waals surface area (Å²) in [6.45, 7) is 0.191. The Labute approximate surface area is 155 Å². The Morgan fingerprint density at radius 3 is 2.50 bits per heavy atom. The van der Waals surface area contributed by atoms with Crippen molar-refractivity contribution in [3.8, 4) is 0 Å². The predicted octanol–water partition coefficient (Wildman–Crippen LogP) is -0.605. The lowest BCUT2D eigenvalue weighted by Gasteiger charge is -2.27. The first-order chi connectivity index (χ1) is 12.2. The first-order valence-corrected chi connectivity index (χ1v) is 10.2. The lowest BCUT2D eigenvalue weighted by molar-refractivity contribution is -0.141. The highest BCUT2D eigenvalue weighted by atomic mass is 32.2. The number of fused-ring (bicyclic) bond motifs is 1. The molecule has 2 aliphatic rings. The van der Waals surface area contributed by atoms with Crippen LogP contribution in [0.5, 0.6) is 0 Å². The smallest absolute Gasteiger partial charge is 0.281 e. The molecule has 2 aliphatic heterocycles. The lowest BCUT2D eigenvalue weighted by Crippen LogP contribution is -2.42. The number of carbonyl (C=O) groups excluding carboxylic acids is 3. The number of hydrogen-bond donors (Lipinski definition) is 1. The SMILES string of the molecule is CN(C)S(=O)(=O)N1CCc2nc(NC(=O)CN3C(=O)CCC3=O)sc2C1. The van der Waals surface area contributed by atoms with Crippen LogP contribution in [0.2, 0.25) is 0 Å². The summed E-state index contributed by atoms with van der Waals surface area (Å²) in [5.41, 5.74) is 0.754. The van der Waals surface area contributed by atoms with Gasteiger partial charge in [-0.1, -0.05) is 0 Å². The zero-order valence-electron chi connectivity index (χ0n) is 14.4. The molecule has 3 heterocycles. The fourth-order valence-electron chi connectivity index (χ4n) is 2.75. The van der Waals surface area contributed by atoms with Crippen LogP contribution < -0.4 is 5.32 Å². The van der Waals surface area contributed by atoms with Gasteiger partial charge in [0.2, 0.25) is 17.7 Å². The molecular formula is C14H19N5O5S2. The number of carbonyl (C=O) groups is 3. The second-order valence-corrected chi connectivity index (χ2v) is 9.41. The number of nitrogens with zero attached hydrogens (tertiary/aromatic N) is 4. The van der Waals surface area contributed by atoms with Gasteiger partial charge in [0.1, 0.15) is 6.54 Å². The molecule has 10 nitrogen and oxygen atoms in total. The number of nitrogens with one attached hydrogen (secondary N) is 1. The number of anilines is 1. The van der Waals surface area contributed by atoms with Crippen LogP contribution >= 0.6 is 11.3 Å². The monoisotopic (exact) mass is 401 g/mol. The normalized spacial score (nSPS) is 18.5. The van der Waals surface area contributed by atoms with Crippen molar-refractivity contribution >= 4 is 44.4 Å². The van der Waals surface area contributed by atoms with Crippen molar-refractivity contribution in [3.05, 3.63) is 10.6 Å². The first-order valence-electron chi connectivity index (χ1n) is 7.97. The largest absolute Gasteiger partial charge is 0.300 e. The topological polar surface area (TPSA) is 120 Å². The van der Waals surface area contributed by atoms with Crippen LogP contribution in [0.15, 0.2) is 0 Å². The van der Waals surface area contributed by atoms with Crippen molar-refractivity contribution in [2.45, 2.75) is 25.8 Å². The molecule has 0 aliphatic carbocycles. The molecule has 1 N–H and O–H groups in total. The molecule has 0 saturated carbocycles. The molecule has 3 rings (SSSR count). The molecule has 0 atom stereocenters. The molecule has 0 aromatic carbocycles. The predicted molar refractivity (Wildman–Crippen MR) is 93.4 cm³/mol. The number of hydrogen-bond acceptors (Lipinski definition) is 7. The van der Waals surface area contributed by atoms with Gasteiger partial charge < -0.3 is 5.32 Å². The van der Waals surface area contributed by atoms with Gasteiger partial charge in [0.15, 0.2) is 5.13 Å². The van der Waals surface area contributed by atoms with Gasteiger partial charge >= 0.3 is 0 Å². The minimum atomic E-state index is -3.51. The number of aromatic nitrogens is 1. The minimum Gasteiger partial charge on any atom is -0.300 e. The molecule has 0 bridgehead atoms. The first kappa shape index (κ1) is 18.9. The van der Waals surface area contributed by atoms with Crippen LogP contribution in [0, 0.1) is 0 Å². The van der Waals surface area contributed by atoms with E-state index in [4.69, 9.17) is 0 Å². The van der Waals surface area contributed by atoms with Crippen LogP contribution in [-0.2, 0) is 37.6 Å². The summed E-state index contributed by atoms with van der Waals surface area (Å²) in [7, 11) is -0.555. The second kappa shape index (κ2) is 7.02. The van der Waals surface area contributed by atoms with Gasteiger partial charge in [0.25, 0.3) is 10.2 Å². The van der Waals surface area contributed by atoms with Crippen molar-refractivity contribution < 1.29 is 22.8 Å². The summed E-state index contributed by atoms with van der Waals surface area (Å²) in [6.07, 6.45) is 0.722. The van der Waals surface area contributed by atoms with Crippen molar-refractivity contribution in [1.29, 1.82) is 0 Å². The summed E-state index contributed by atoms with van der Waals surface area (Å²) in [4.78, 5) is 41.2. The quantitative estimate of drug-likeness (QED) is 0.658. The van der Waals surface area contributed by atoms with E-state index in [9.17, 15) is 22.8 Å². The number of imide groups is 1. The van der Waals surface area contributed by atoms with Gasteiger partial charge in [-0.2, -0.15) is 17.0 Å². The van der Waals surface area contributed by atoms with E-state index in [0.717, 1.165) is 19.8 Å². The molecule has 0 unspecified atom stereocenters. The molecule has 12 heteroatoms. The third-order valence-corrected chi connectivity index (χ3v) is 7.07. The van der Waals surface area contributed by atoms with Crippen LogP contribution in [0.3, 0.4) is 0 Å². The summed E-state index contributed by atoms with van der Waals surface area (Å²) in [5.74, 6) is -1.21. The highest BCUT2D eigenvalue weighted by Crippen LogP contribution is 2.29. The number of rotatable bonds is 5. The Balaban J connectivity index is 1.66. The van der Waals surface area contributed by atoms with Gasteiger partial charge in [-0.05, 0) is 0 Å². The van der Waals surface area contributed by atoms with Gasteiger partial charge in [-0.15, -0.1) is 11.3 Å². The van der Waals surface area contributed by atoms with Gasteiger partial charge in [-0.3, -0.25) is 19.3 Å². The van der Waals surface area contributed by atoms with Crippen LogP contribution in [0.1, 0.15) is 23.4 Å². The Kier molecular flexibility index (Phi) is 5.10. The summed E-state index contributed by atoms with van der Waals surface area (Å²) >= 11 is 1.20. The van der Waals surface area contributed by atoms with Crippen molar-refractivity contribution in [3.63, 3.8) is 0 Å². The Morgan fingerprint density at radius 2 is 1.88 bits per heavy atom. The van der Waals surface area contributed by atoms with Gasteiger partial charge in [-0.25, -0.2) is 4.98 Å². The van der Waals surface area contributed by atoms with E-state index in [2.05, 4.69) is 10.3 Å². The number of thiazole rings is 1. The van der Waals surface area contributed by atoms with Crippen molar-refractivity contribution in [1.82, 2.24) is 18.5 Å². The van der Waals surface area contributed by atoms with E-state index in [0.29, 0.717) is 18.1 Å². The van der Waals surface area contributed by atoms with Crippen molar-refractivity contribution in [2.24, 2.45) is 0 Å². The molecule has 1 fully saturated rings. The molecule has 1 aromatic heterocycles. The summed E-state index contributed by atoms with van der Waals surface area (Å²) < 4.78 is 27.0. The van der Waals surface area contributed by atoms with Crippen LogP contribution in [-0.4, -0.2) is 71.8 Å². The molecule has 3 amide bonds. The van der Waals surface area contributed by atoms with E-state index < -0.39 is 16.1 Å². The average Bonchev–Trinajstić information content (AvgIpc) is 3.11. The van der Waals surface area contributed by atoms with E-state index in [1.54, 1.807) is 0 Å². The average molecular weight is 401 g/mol. The van der Waals surface area contributed by atoms with Crippen LogP contribution in [0.4, 0.5) is 5.13 Å². The number of amides is 3. The fourth-order valence-corrected chi connectivity index (χ4v) is 4.95. The third-order valence-electron chi connectivity index (χ3n) is 4.19. The highest BCUT2D eigenvalue weighted by Gasteiger charge is 2.32. The molecule has 26 heavy (non-hydrogen) atoms. The Morgan fingerprint density at radius 1 is 1.23 bits per heavy atom. The molecular weight excluding hydrogens is 382 g/mol. The zero-order chi connectivity index (χ0) is 19.1. The summed E-state index contributed by atoms with van der Waals surface area (Å²) in [5, 5.41) is 2.92. The maximum atomic E-state index is 12.2. The van der Waals surface area contributed by atoms with Gasteiger partial charge in [0, 0.05) is 44.8 Å². The van der Waals surface area contributed by atoms with Crippen molar-refractivity contribution in [2.75, 3.05) is 32.5 Å². The summed E-state index contributed by atoms with van der Waals surface area (Å²) in [6, 6.07) is 0. The Bertz CT molecular complexity index is 847. The van der Waals surface area contributed by atoms with E-state index in [-0.39, 0.29) is 37.7 Å². The minimum absolute atomic E-state index is 0.133. The Hall–Kier alpha value is -1.89. The zero-order valence-corrected chi connectivity index (χ0v) is 16.0. The van der Waals surface area contributed by atoms with E-state index >= 15 is 0 Å². The molecule has 0 spiro atoms. The molecule has 142 valence electrons. The third kappa shape index (κ3) is 3.63. The fraction of sp³-hybridized carbons (Fsp3) is 0.571. The van der Waals surface area contributed by atoms with Gasteiger partial charge in [0.05, 0.1) is 12.2 Å². The molecule has 1 aromatic rings. The standard InChI is InChI=1S/C14H19N5O5S2/c1-17(2)26(23,24)18-6-5-9-10(7-18)25-14(15-9)16-11(20)8-19-12(21)3-4-13(19)22/h3-8H2,1-2H3,(H,15,16,20). The highest BCUT2D eigenvalue weighted by molar-refractivity contribution is 7.86.